The average molecular weight is 198 g/mol. The van der Waals surface area contributed by atoms with Gasteiger partial charge in [0.25, 0.3) is 0 Å². The molecule has 2 aromatic rings. The van der Waals surface area contributed by atoms with Crippen molar-refractivity contribution in [2.75, 3.05) is 0 Å². The molecule has 3 nitrogen and oxygen atoms in total. The molecule has 0 bridgehead atoms. The van der Waals surface area contributed by atoms with E-state index in [1.165, 1.54) is 6.20 Å². The van der Waals surface area contributed by atoms with Crippen LogP contribution in [0.25, 0.3) is 10.9 Å². The molecule has 0 saturated carbocycles. The quantitative estimate of drug-likeness (QED) is 0.704. The molecular formula is C12H10N2O. The number of aromatic nitrogens is 1. The van der Waals surface area contributed by atoms with Crippen molar-refractivity contribution in [3.05, 3.63) is 45.2 Å². The van der Waals surface area contributed by atoms with Gasteiger partial charge in [-0.15, -0.1) is 0 Å². The number of hydrogen-bond donors (Lipinski definition) is 1. The first-order valence-electron chi connectivity index (χ1n) is 4.66. The van der Waals surface area contributed by atoms with Gasteiger partial charge in [0.1, 0.15) is 11.6 Å². The maximum atomic E-state index is 11.8. The lowest BCUT2D eigenvalue weighted by atomic mass is 10.0. The van der Waals surface area contributed by atoms with Crippen LogP contribution < -0.4 is 5.43 Å². The number of pyridine rings is 1. The van der Waals surface area contributed by atoms with Crippen LogP contribution in [0, 0.1) is 25.2 Å². The van der Waals surface area contributed by atoms with Crippen molar-refractivity contribution < 1.29 is 0 Å². The molecule has 3 heteroatoms. The van der Waals surface area contributed by atoms with E-state index in [0.29, 0.717) is 5.39 Å². The molecule has 0 saturated heterocycles. The molecule has 1 aromatic carbocycles. The summed E-state index contributed by atoms with van der Waals surface area (Å²) in [5.41, 5.74) is 2.76. The summed E-state index contributed by atoms with van der Waals surface area (Å²) >= 11 is 0. The van der Waals surface area contributed by atoms with Crippen molar-refractivity contribution in [1.29, 1.82) is 5.26 Å². The third-order valence-electron chi connectivity index (χ3n) is 2.44. The third kappa shape index (κ3) is 1.40. The third-order valence-corrected chi connectivity index (χ3v) is 2.44. The number of H-pyrrole nitrogens is 1. The minimum atomic E-state index is -0.191. The second kappa shape index (κ2) is 3.25. The van der Waals surface area contributed by atoms with Gasteiger partial charge >= 0.3 is 0 Å². The molecule has 1 heterocycles. The number of nitriles is 1. The van der Waals surface area contributed by atoms with Gasteiger partial charge in [0.05, 0.1) is 0 Å². The molecule has 0 radical (unpaired) electrons. The van der Waals surface area contributed by atoms with E-state index in [-0.39, 0.29) is 11.0 Å². The first-order chi connectivity index (χ1) is 7.13. The Bertz CT molecular complexity index is 632. The van der Waals surface area contributed by atoms with Crippen LogP contribution in [-0.4, -0.2) is 4.98 Å². The van der Waals surface area contributed by atoms with Crippen LogP contribution in [0.4, 0.5) is 0 Å². The van der Waals surface area contributed by atoms with Gasteiger partial charge in [0, 0.05) is 17.1 Å². The number of nitrogens with zero attached hydrogens (tertiary/aromatic N) is 1. The van der Waals surface area contributed by atoms with Crippen LogP contribution in [0.15, 0.2) is 23.1 Å². The minimum absolute atomic E-state index is 0.162. The molecule has 15 heavy (non-hydrogen) atoms. The average Bonchev–Trinajstić information content (AvgIpc) is 2.17. The van der Waals surface area contributed by atoms with Gasteiger partial charge in [0.2, 0.25) is 5.43 Å². The Morgan fingerprint density at radius 1 is 1.33 bits per heavy atom. The predicted octanol–water partition coefficient (Wildman–Crippen LogP) is 2.02. The molecule has 0 aliphatic carbocycles. The van der Waals surface area contributed by atoms with Crippen molar-refractivity contribution in [2.24, 2.45) is 0 Å². The Morgan fingerprint density at radius 3 is 2.73 bits per heavy atom. The van der Waals surface area contributed by atoms with Gasteiger partial charge in [-0.05, 0) is 31.0 Å². The number of benzene rings is 1. The smallest absolute Gasteiger partial charge is 0.207 e. The highest BCUT2D eigenvalue weighted by molar-refractivity contribution is 5.83. The summed E-state index contributed by atoms with van der Waals surface area (Å²) in [5, 5.41) is 9.36. The summed E-state index contributed by atoms with van der Waals surface area (Å²) in [4.78, 5) is 14.8. The van der Waals surface area contributed by atoms with Gasteiger partial charge < -0.3 is 4.98 Å². The van der Waals surface area contributed by atoms with Crippen molar-refractivity contribution in [2.45, 2.75) is 13.8 Å². The molecule has 0 amide bonds. The number of rotatable bonds is 0. The van der Waals surface area contributed by atoms with Gasteiger partial charge in [0.15, 0.2) is 0 Å². The SMILES string of the molecule is Cc1cc(C)c2c(=O)c(C#N)c[nH]c2c1. The van der Waals surface area contributed by atoms with E-state index >= 15 is 0 Å². The van der Waals surface area contributed by atoms with Crippen LogP contribution in [0.3, 0.4) is 0 Å². The fourth-order valence-corrected chi connectivity index (χ4v) is 1.82. The fourth-order valence-electron chi connectivity index (χ4n) is 1.82. The first kappa shape index (κ1) is 9.47. The van der Waals surface area contributed by atoms with Crippen LogP contribution in [0.5, 0.6) is 0 Å². The molecule has 0 aliphatic heterocycles. The molecule has 0 atom stereocenters. The molecule has 0 aliphatic rings. The molecular weight excluding hydrogens is 188 g/mol. The molecule has 74 valence electrons. The van der Waals surface area contributed by atoms with E-state index in [0.717, 1.165) is 16.6 Å². The largest absolute Gasteiger partial charge is 0.360 e. The van der Waals surface area contributed by atoms with Crippen molar-refractivity contribution in [1.82, 2.24) is 4.98 Å². The Hall–Kier alpha value is -2.08. The van der Waals surface area contributed by atoms with Gasteiger partial charge in [-0.1, -0.05) is 6.07 Å². The lowest BCUT2D eigenvalue weighted by molar-refractivity contribution is 1.31. The predicted molar refractivity (Wildman–Crippen MR) is 58.8 cm³/mol. The molecule has 0 fully saturated rings. The molecule has 0 spiro atoms. The van der Waals surface area contributed by atoms with Crippen LogP contribution in [0.2, 0.25) is 0 Å². The maximum Gasteiger partial charge on any atom is 0.207 e. The van der Waals surface area contributed by atoms with E-state index in [2.05, 4.69) is 4.98 Å². The van der Waals surface area contributed by atoms with E-state index in [1.807, 2.05) is 32.0 Å². The Labute approximate surface area is 87.0 Å². The normalized spacial score (nSPS) is 10.2. The number of aryl methyl sites for hydroxylation is 2. The highest BCUT2D eigenvalue weighted by Gasteiger charge is 2.07. The number of hydrogen-bond acceptors (Lipinski definition) is 2. The number of fused-ring (bicyclic) bond motifs is 1. The monoisotopic (exact) mass is 198 g/mol. The zero-order valence-electron chi connectivity index (χ0n) is 8.59. The summed E-state index contributed by atoms with van der Waals surface area (Å²) < 4.78 is 0. The summed E-state index contributed by atoms with van der Waals surface area (Å²) in [7, 11) is 0. The molecule has 1 aromatic heterocycles. The topological polar surface area (TPSA) is 56.6 Å². The zero-order chi connectivity index (χ0) is 11.0. The Morgan fingerprint density at radius 2 is 2.07 bits per heavy atom. The first-order valence-corrected chi connectivity index (χ1v) is 4.66. The summed E-state index contributed by atoms with van der Waals surface area (Å²) in [6.07, 6.45) is 1.46. The number of aromatic amines is 1. The van der Waals surface area contributed by atoms with E-state index < -0.39 is 0 Å². The Kier molecular flexibility index (Phi) is 2.05. The highest BCUT2D eigenvalue weighted by Crippen LogP contribution is 2.15. The molecule has 1 N–H and O–H groups in total. The van der Waals surface area contributed by atoms with Crippen molar-refractivity contribution in [3.63, 3.8) is 0 Å². The van der Waals surface area contributed by atoms with Crippen molar-refractivity contribution >= 4 is 10.9 Å². The Balaban J connectivity index is 3.02. The zero-order valence-corrected chi connectivity index (χ0v) is 8.59. The van der Waals surface area contributed by atoms with Crippen molar-refractivity contribution in [3.8, 4) is 6.07 Å². The van der Waals surface area contributed by atoms with Gasteiger partial charge in [-0.2, -0.15) is 5.26 Å². The second-order valence-electron chi connectivity index (χ2n) is 3.65. The van der Waals surface area contributed by atoms with Crippen LogP contribution >= 0.6 is 0 Å². The standard InChI is InChI=1S/C12H10N2O/c1-7-3-8(2)11-10(4-7)14-6-9(5-13)12(11)15/h3-4,6H,1-2H3,(H,14,15). The van der Waals surface area contributed by atoms with E-state index in [4.69, 9.17) is 5.26 Å². The fraction of sp³-hybridized carbons (Fsp3) is 0.167. The van der Waals surface area contributed by atoms with Gasteiger partial charge in [-0.3, -0.25) is 4.79 Å². The van der Waals surface area contributed by atoms with E-state index in [9.17, 15) is 4.79 Å². The minimum Gasteiger partial charge on any atom is -0.360 e. The molecule has 0 unspecified atom stereocenters. The summed E-state index contributed by atoms with van der Waals surface area (Å²) in [6.45, 7) is 3.86. The lowest BCUT2D eigenvalue weighted by Crippen LogP contribution is -2.08. The maximum absolute atomic E-state index is 11.8. The second-order valence-corrected chi connectivity index (χ2v) is 3.65. The van der Waals surface area contributed by atoms with E-state index in [1.54, 1.807) is 0 Å². The van der Waals surface area contributed by atoms with Gasteiger partial charge in [-0.25, -0.2) is 0 Å². The summed E-state index contributed by atoms with van der Waals surface area (Å²) in [6, 6.07) is 5.74. The summed E-state index contributed by atoms with van der Waals surface area (Å²) in [5.74, 6) is 0. The number of nitrogens with one attached hydrogen (secondary N) is 1. The lowest BCUT2D eigenvalue weighted by Gasteiger charge is -2.03. The van der Waals surface area contributed by atoms with Crippen LogP contribution in [0.1, 0.15) is 16.7 Å². The molecule has 2 rings (SSSR count). The van der Waals surface area contributed by atoms with Crippen LogP contribution in [-0.2, 0) is 0 Å². The highest BCUT2D eigenvalue weighted by atomic mass is 16.1.